The Hall–Kier alpha value is -1.50. The van der Waals surface area contributed by atoms with Crippen LogP contribution in [0.5, 0.6) is 0 Å². The number of carboxylic acids is 1. The predicted octanol–water partition coefficient (Wildman–Crippen LogP) is 0.863. The number of aromatic nitrogens is 2. The minimum absolute atomic E-state index is 0.0615. The van der Waals surface area contributed by atoms with Gasteiger partial charge in [0.05, 0.1) is 6.42 Å². The summed E-state index contributed by atoms with van der Waals surface area (Å²) in [5.41, 5.74) is 0.268. The first-order chi connectivity index (χ1) is 7.52. The first-order valence-electron chi connectivity index (χ1n) is 4.82. The van der Waals surface area contributed by atoms with E-state index >= 15 is 0 Å². The molecule has 1 aromatic rings. The van der Waals surface area contributed by atoms with Gasteiger partial charge in [0, 0.05) is 18.0 Å². The number of hydrogen-bond donors (Lipinski definition) is 1. The van der Waals surface area contributed by atoms with Crippen LogP contribution in [0, 0.1) is 0 Å². The van der Waals surface area contributed by atoms with Gasteiger partial charge in [-0.2, -0.15) is 0 Å². The van der Waals surface area contributed by atoms with Crippen molar-refractivity contribution < 1.29 is 14.7 Å². The molecule has 1 heterocycles. The van der Waals surface area contributed by atoms with Gasteiger partial charge in [0.1, 0.15) is 0 Å². The van der Waals surface area contributed by atoms with Crippen molar-refractivity contribution in [3.8, 4) is 0 Å². The number of carbonyl (C=O) groups excluding carboxylic acids is 1. The van der Waals surface area contributed by atoms with E-state index in [1.807, 2.05) is 13.8 Å². The third-order valence-electron chi connectivity index (χ3n) is 2.03. The van der Waals surface area contributed by atoms with Gasteiger partial charge in [-0.25, -0.2) is 0 Å². The van der Waals surface area contributed by atoms with E-state index in [1.54, 1.807) is 5.38 Å². The summed E-state index contributed by atoms with van der Waals surface area (Å²) >= 11 is 1.10. The van der Waals surface area contributed by atoms with Gasteiger partial charge in [-0.1, -0.05) is 4.49 Å². The molecule has 0 aliphatic carbocycles. The zero-order chi connectivity index (χ0) is 12.1. The lowest BCUT2D eigenvalue weighted by Crippen LogP contribution is -2.38. The Morgan fingerprint density at radius 1 is 1.56 bits per heavy atom. The van der Waals surface area contributed by atoms with Crippen LogP contribution in [-0.2, 0) is 4.79 Å². The van der Waals surface area contributed by atoms with Gasteiger partial charge in [-0.05, 0) is 25.4 Å². The minimum Gasteiger partial charge on any atom is -0.481 e. The smallest absolute Gasteiger partial charge is 0.305 e. The number of rotatable bonds is 5. The van der Waals surface area contributed by atoms with Crippen LogP contribution in [0.3, 0.4) is 0 Å². The number of carbonyl (C=O) groups is 2. The molecule has 1 aromatic heterocycles. The maximum Gasteiger partial charge on any atom is 0.305 e. The summed E-state index contributed by atoms with van der Waals surface area (Å²) in [6.07, 6.45) is -0.0680. The van der Waals surface area contributed by atoms with Crippen molar-refractivity contribution in [2.24, 2.45) is 0 Å². The van der Waals surface area contributed by atoms with Crippen LogP contribution in [0.2, 0.25) is 0 Å². The first kappa shape index (κ1) is 12.6. The summed E-state index contributed by atoms with van der Waals surface area (Å²) in [4.78, 5) is 23.8. The molecular weight excluding hydrogens is 230 g/mol. The molecular formula is C9H13N3O3S. The van der Waals surface area contributed by atoms with E-state index in [4.69, 9.17) is 5.11 Å². The topological polar surface area (TPSA) is 83.4 Å². The second kappa shape index (κ2) is 5.55. The average molecular weight is 243 g/mol. The van der Waals surface area contributed by atoms with Crippen molar-refractivity contribution in [2.75, 3.05) is 6.54 Å². The van der Waals surface area contributed by atoms with Gasteiger partial charge < -0.3 is 10.0 Å². The Labute approximate surface area is 97.1 Å². The second-order valence-electron chi connectivity index (χ2n) is 3.53. The highest BCUT2D eigenvalue weighted by atomic mass is 32.1. The Kier molecular flexibility index (Phi) is 4.36. The van der Waals surface area contributed by atoms with E-state index in [1.165, 1.54) is 4.90 Å². The molecule has 6 nitrogen and oxygen atoms in total. The minimum atomic E-state index is -0.921. The summed E-state index contributed by atoms with van der Waals surface area (Å²) in [6.45, 7) is 3.85. The van der Waals surface area contributed by atoms with Crippen molar-refractivity contribution in [3.63, 3.8) is 0 Å². The molecule has 0 fully saturated rings. The van der Waals surface area contributed by atoms with Crippen molar-refractivity contribution in [1.82, 2.24) is 14.5 Å². The quantitative estimate of drug-likeness (QED) is 0.829. The molecule has 0 saturated carbocycles. The lowest BCUT2D eigenvalue weighted by molar-refractivity contribution is -0.137. The lowest BCUT2D eigenvalue weighted by Gasteiger charge is -2.24. The van der Waals surface area contributed by atoms with Crippen molar-refractivity contribution >= 4 is 23.4 Å². The van der Waals surface area contributed by atoms with E-state index < -0.39 is 5.97 Å². The van der Waals surface area contributed by atoms with Gasteiger partial charge in [0.2, 0.25) is 0 Å². The van der Waals surface area contributed by atoms with Crippen LogP contribution < -0.4 is 0 Å². The van der Waals surface area contributed by atoms with Crippen LogP contribution in [-0.4, -0.2) is 44.1 Å². The van der Waals surface area contributed by atoms with E-state index in [9.17, 15) is 9.59 Å². The van der Waals surface area contributed by atoms with Gasteiger partial charge in [-0.3, -0.25) is 9.59 Å². The number of nitrogens with zero attached hydrogens (tertiary/aromatic N) is 3. The molecule has 0 saturated heterocycles. The van der Waals surface area contributed by atoms with Crippen molar-refractivity contribution in [2.45, 2.75) is 26.3 Å². The molecule has 0 aliphatic rings. The van der Waals surface area contributed by atoms with E-state index in [-0.39, 0.29) is 30.6 Å². The first-order valence-corrected chi connectivity index (χ1v) is 5.66. The van der Waals surface area contributed by atoms with Crippen molar-refractivity contribution in [1.29, 1.82) is 0 Å². The van der Waals surface area contributed by atoms with Crippen LogP contribution in [0.4, 0.5) is 0 Å². The zero-order valence-corrected chi connectivity index (χ0v) is 9.90. The van der Waals surface area contributed by atoms with Gasteiger partial charge >= 0.3 is 5.97 Å². The molecule has 0 radical (unpaired) electrons. The fourth-order valence-electron chi connectivity index (χ4n) is 1.22. The number of amides is 1. The lowest BCUT2D eigenvalue weighted by atomic mass is 10.2. The summed E-state index contributed by atoms with van der Waals surface area (Å²) < 4.78 is 3.61. The summed E-state index contributed by atoms with van der Waals surface area (Å²) in [6, 6.07) is -0.0615. The van der Waals surface area contributed by atoms with Gasteiger partial charge in [-0.15, -0.1) is 5.10 Å². The number of hydrogen-bond acceptors (Lipinski definition) is 5. The monoisotopic (exact) mass is 243 g/mol. The van der Waals surface area contributed by atoms with Crippen LogP contribution >= 0.6 is 11.5 Å². The Balaban J connectivity index is 2.70. The van der Waals surface area contributed by atoms with E-state index in [0.717, 1.165) is 11.5 Å². The van der Waals surface area contributed by atoms with Gasteiger partial charge in [0.15, 0.2) is 5.69 Å². The van der Waals surface area contributed by atoms with Crippen molar-refractivity contribution in [3.05, 3.63) is 11.1 Å². The number of carboxylic acid groups (broad SMARTS) is 1. The fourth-order valence-corrected chi connectivity index (χ4v) is 1.65. The molecule has 0 aromatic carbocycles. The number of aliphatic carboxylic acids is 1. The molecule has 1 amide bonds. The Morgan fingerprint density at radius 2 is 2.25 bits per heavy atom. The fraction of sp³-hybridized carbons (Fsp3) is 0.556. The molecule has 1 N–H and O–H groups in total. The molecule has 0 unspecified atom stereocenters. The molecule has 7 heteroatoms. The molecule has 0 aliphatic heterocycles. The molecule has 1 rings (SSSR count). The third-order valence-corrected chi connectivity index (χ3v) is 2.53. The Morgan fingerprint density at radius 3 is 2.69 bits per heavy atom. The van der Waals surface area contributed by atoms with E-state index in [2.05, 4.69) is 9.59 Å². The zero-order valence-electron chi connectivity index (χ0n) is 9.08. The van der Waals surface area contributed by atoms with Crippen LogP contribution in [0.1, 0.15) is 30.8 Å². The van der Waals surface area contributed by atoms with Gasteiger partial charge in [0.25, 0.3) is 5.91 Å². The maximum absolute atomic E-state index is 11.9. The molecule has 0 spiro atoms. The Bertz CT molecular complexity index is 364. The molecule has 0 atom stereocenters. The summed E-state index contributed by atoms with van der Waals surface area (Å²) in [5.74, 6) is -1.19. The van der Waals surface area contributed by atoms with E-state index in [0.29, 0.717) is 0 Å². The highest BCUT2D eigenvalue weighted by Gasteiger charge is 2.21. The van der Waals surface area contributed by atoms with Crippen LogP contribution in [0.15, 0.2) is 5.38 Å². The average Bonchev–Trinajstić information content (AvgIpc) is 2.69. The highest BCUT2D eigenvalue weighted by molar-refractivity contribution is 7.03. The highest BCUT2D eigenvalue weighted by Crippen LogP contribution is 2.08. The molecule has 16 heavy (non-hydrogen) atoms. The predicted molar refractivity (Wildman–Crippen MR) is 58.3 cm³/mol. The second-order valence-corrected chi connectivity index (χ2v) is 4.14. The summed E-state index contributed by atoms with van der Waals surface area (Å²) in [5, 5.41) is 13.8. The largest absolute Gasteiger partial charge is 0.481 e. The van der Waals surface area contributed by atoms with Crippen LogP contribution in [0.25, 0.3) is 0 Å². The SMILES string of the molecule is CC(C)N(CCC(=O)O)C(=O)c1csnn1. The normalized spacial score (nSPS) is 10.4. The summed E-state index contributed by atoms with van der Waals surface area (Å²) in [7, 11) is 0. The molecule has 0 bridgehead atoms. The molecule has 88 valence electrons. The maximum atomic E-state index is 11.9. The standard InChI is InChI=1S/C9H13N3O3S/c1-6(2)12(4-3-8(13)14)9(15)7-5-16-11-10-7/h5-6H,3-4H2,1-2H3,(H,13,14). The third kappa shape index (κ3) is 3.27.